The highest BCUT2D eigenvalue weighted by molar-refractivity contribution is 7.89. The summed E-state index contributed by atoms with van der Waals surface area (Å²) in [6.45, 7) is 4.66. The molecule has 0 aromatic heterocycles. The number of aliphatic hydroxyl groups excluding tert-OH is 1. The third kappa shape index (κ3) is 4.77. The first kappa shape index (κ1) is 16.9. The molecular formula is C14H24N2O3S. The van der Waals surface area contributed by atoms with E-state index in [-0.39, 0.29) is 4.90 Å². The smallest absolute Gasteiger partial charge is 0.242 e. The molecule has 0 saturated heterocycles. The second-order valence-corrected chi connectivity index (χ2v) is 6.66. The van der Waals surface area contributed by atoms with E-state index in [2.05, 4.69) is 4.72 Å². The zero-order valence-electron chi connectivity index (χ0n) is 12.3. The van der Waals surface area contributed by atoms with Gasteiger partial charge < -0.3 is 10.0 Å². The van der Waals surface area contributed by atoms with Crippen LogP contribution in [0.15, 0.2) is 29.2 Å². The number of anilines is 1. The van der Waals surface area contributed by atoms with E-state index in [0.717, 1.165) is 6.42 Å². The fourth-order valence-electron chi connectivity index (χ4n) is 1.81. The largest absolute Gasteiger partial charge is 0.393 e. The van der Waals surface area contributed by atoms with Gasteiger partial charge in [-0.15, -0.1) is 0 Å². The standard InChI is InChI=1S/C14H24N2O3S/c1-4-10-15-20(18,19)14-8-6-5-7-13(14)16(3)11-9-12(2)17/h5-8,12,15,17H,4,9-11H2,1-3H3. The molecule has 1 rings (SSSR count). The Morgan fingerprint density at radius 3 is 2.60 bits per heavy atom. The molecule has 0 fully saturated rings. The van der Waals surface area contributed by atoms with Crippen molar-refractivity contribution >= 4 is 15.7 Å². The average molecular weight is 300 g/mol. The molecule has 0 spiro atoms. The van der Waals surface area contributed by atoms with Crippen LogP contribution in [-0.2, 0) is 10.0 Å². The van der Waals surface area contributed by atoms with Crippen LogP contribution in [0, 0.1) is 0 Å². The molecule has 1 aromatic carbocycles. The number of sulfonamides is 1. The third-order valence-corrected chi connectivity index (χ3v) is 4.50. The first-order valence-electron chi connectivity index (χ1n) is 6.86. The van der Waals surface area contributed by atoms with Gasteiger partial charge in [0.2, 0.25) is 10.0 Å². The Morgan fingerprint density at radius 2 is 2.00 bits per heavy atom. The summed E-state index contributed by atoms with van der Waals surface area (Å²) < 4.78 is 27.1. The summed E-state index contributed by atoms with van der Waals surface area (Å²) in [7, 11) is -1.66. The van der Waals surface area contributed by atoms with Crippen LogP contribution in [0.2, 0.25) is 0 Å². The molecule has 20 heavy (non-hydrogen) atoms. The number of rotatable bonds is 8. The predicted octanol–water partition coefficient (Wildman–Crippen LogP) is 1.58. The molecule has 1 unspecified atom stereocenters. The minimum Gasteiger partial charge on any atom is -0.393 e. The minimum atomic E-state index is -3.49. The Kier molecular flexibility index (Phi) is 6.45. The summed E-state index contributed by atoms with van der Waals surface area (Å²) in [5.41, 5.74) is 0.650. The first-order chi connectivity index (χ1) is 9.38. The van der Waals surface area contributed by atoms with Crippen molar-refractivity contribution in [1.82, 2.24) is 4.72 Å². The Bertz CT molecular complexity index is 515. The number of nitrogens with one attached hydrogen (secondary N) is 1. The summed E-state index contributed by atoms with van der Waals surface area (Å²) in [6.07, 6.45) is 0.937. The van der Waals surface area contributed by atoms with Crippen molar-refractivity contribution in [3.05, 3.63) is 24.3 Å². The molecule has 1 aromatic rings. The average Bonchev–Trinajstić information content (AvgIpc) is 2.42. The Labute approximate surface area is 121 Å². The maximum absolute atomic E-state index is 12.3. The minimum absolute atomic E-state index is 0.279. The molecule has 0 aliphatic rings. The topological polar surface area (TPSA) is 69.6 Å². The van der Waals surface area contributed by atoms with E-state index in [1.54, 1.807) is 25.1 Å². The van der Waals surface area contributed by atoms with Crippen LogP contribution in [0.25, 0.3) is 0 Å². The van der Waals surface area contributed by atoms with E-state index in [1.807, 2.05) is 24.9 Å². The molecule has 2 N–H and O–H groups in total. The lowest BCUT2D eigenvalue weighted by molar-refractivity contribution is 0.187. The van der Waals surface area contributed by atoms with E-state index in [1.165, 1.54) is 0 Å². The summed E-state index contributed by atoms with van der Waals surface area (Å²) in [6, 6.07) is 6.91. The van der Waals surface area contributed by atoms with Gasteiger partial charge in [-0.3, -0.25) is 0 Å². The summed E-state index contributed by atoms with van der Waals surface area (Å²) in [5.74, 6) is 0. The Morgan fingerprint density at radius 1 is 1.35 bits per heavy atom. The van der Waals surface area contributed by atoms with Gasteiger partial charge in [0, 0.05) is 20.1 Å². The van der Waals surface area contributed by atoms with Crippen molar-refractivity contribution in [2.75, 3.05) is 25.0 Å². The van der Waals surface area contributed by atoms with Gasteiger partial charge in [0.05, 0.1) is 11.8 Å². The van der Waals surface area contributed by atoms with E-state index < -0.39 is 16.1 Å². The van der Waals surface area contributed by atoms with Crippen molar-refractivity contribution < 1.29 is 13.5 Å². The second-order valence-electron chi connectivity index (χ2n) is 4.92. The normalized spacial score (nSPS) is 13.2. The lowest BCUT2D eigenvalue weighted by Gasteiger charge is -2.23. The summed E-state index contributed by atoms with van der Waals surface area (Å²) in [5, 5.41) is 9.34. The molecule has 1 atom stereocenters. The number of benzene rings is 1. The van der Waals surface area contributed by atoms with Crippen LogP contribution >= 0.6 is 0 Å². The van der Waals surface area contributed by atoms with Crippen molar-refractivity contribution in [1.29, 1.82) is 0 Å². The quantitative estimate of drug-likeness (QED) is 0.765. The molecule has 6 heteroatoms. The molecule has 0 amide bonds. The maximum Gasteiger partial charge on any atom is 0.242 e. The number of nitrogens with zero attached hydrogens (tertiary/aromatic N) is 1. The van der Waals surface area contributed by atoms with Crippen molar-refractivity contribution in [2.24, 2.45) is 0 Å². The van der Waals surface area contributed by atoms with Crippen molar-refractivity contribution in [2.45, 2.75) is 37.7 Å². The Balaban J connectivity index is 2.98. The fourth-order valence-corrected chi connectivity index (χ4v) is 3.20. The fraction of sp³-hybridized carbons (Fsp3) is 0.571. The molecule has 0 aliphatic carbocycles. The lowest BCUT2D eigenvalue weighted by atomic mass is 10.2. The highest BCUT2D eigenvalue weighted by atomic mass is 32.2. The highest BCUT2D eigenvalue weighted by Gasteiger charge is 2.19. The summed E-state index contributed by atoms with van der Waals surface area (Å²) >= 11 is 0. The van der Waals surface area contributed by atoms with Gasteiger partial charge in [-0.25, -0.2) is 13.1 Å². The van der Waals surface area contributed by atoms with E-state index in [4.69, 9.17) is 0 Å². The second kappa shape index (κ2) is 7.61. The number of hydrogen-bond acceptors (Lipinski definition) is 4. The molecule has 0 bridgehead atoms. The van der Waals surface area contributed by atoms with Gasteiger partial charge >= 0.3 is 0 Å². The van der Waals surface area contributed by atoms with Gasteiger partial charge in [-0.1, -0.05) is 19.1 Å². The van der Waals surface area contributed by atoms with E-state index in [0.29, 0.717) is 25.2 Å². The van der Waals surface area contributed by atoms with Crippen LogP contribution in [-0.4, -0.2) is 39.8 Å². The van der Waals surface area contributed by atoms with Crippen LogP contribution < -0.4 is 9.62 Å². The molecule has 5 nitrogen and oxygen atoms in total. The predicted molar refractivity (Wildman–Crippen MR) is 81.5 cm³/mol. The molecule has 114 valence electrons. The first-order valence-corrected chi connectivity index (χ1v) is 8.34. The monoisotopic (exact) mass is 300 g/mol. The van der Waals surface area contributed by atoms with Gasteiger partial charge in [0.15, 0.2) is 0 Å². The van der Waals surface area contributed by atoms with Crippen LogP contribution in [0.3, 0.4) is 0 Å². The van der Waals surface area contributed by atoms with Crippen LogP contribution in [0.4, 0.5) is 5.69 Å². The van der Waals surface area contributed by atoms with E-state index >= 15 is 0 Å². The van der Waals surface area contributed by atoms with Gasteiger partial charge in [-0.05, 0) is 31.9 Å². The lowest BCUT2D eigenvalue weighted by Crippen LogP contribution is -2.28. The number of aliphatic hydroxyl groups is 1. The molecule has 0 saturated carbocycles. The van der Waals surface area contributed by atoms with Crippen molar-refractivity contribution in [3.63, 3.8) is 0 Å². The van der Waals surface area contributed by atoms with Crippen LogP contribution in [0.1, 0.15) is 26.7 Å². The number of hydrogen-bond donors (Lipinski definition) is 2. The summed E-state index contributed by atoms with van der Waals surface area (Å²) in [4.78, 5) is 2.13. The molecule has 0 aliphatic heterocycles. The van der Waals surface area contributed by atoms with E-state index in [9.17, 15) is 13.5 Å². The molecule has 0 radical (unpaired) electrons. The maximum atomic E-state index is 12.3. The number of para-hydroxylation sites is 1. The molecule has 0 heterocycles. The Hall–Kier alpha value is -1.11. The van der Waals surface area contributed by atoms with Gasteiger partial charge in [0.25, 0.3) is 0 Å². The highest BCUT2D eigenvalue weighted by Crippen LogP contribution is 2.24. The van der Waals surface area contributed by atoms with Gasteiger partial charge in [0.1, 0.15) is 4.90 Å². The zero-order valence-corrected chi connectivity index (χ0v) is 13.2. The van der Waals surface area contributed by atoms with Crippen LogP contribution in [0.5, 0.6) is 0 Å². The van der Waals surface area contributed by atoms with Gasteiger partial charge in [-0.2, -0.15) is 0 Å². The third-order valence-electron chi connectivity index (χ3n) is 2.99. The van der Waals surface area contributed by atoms with Crippen molar-refractivity contribution in [3.8, 4) is 0 Å². The zero-order chi connectivity index (χ0) is 15.2. The SMILES string of the molecule is CCCNS(=O)(=O)c1ccccc1N(C)CCC(C)O. The molecular weight excluding hydrogens is 276 g/mol.